The Morgan fingerprint density at radius 2 is 1.45 bits per heavy atom. The van der Waals surface area contributed by atoms with Gasteiger partial charge in [0.2, 0.25) is 11.9 Å². The second-order valence-corrected chi connectivity index (χ2v) is 11.5. The molecule has 14 heteroatoms. The fourth-order valence-corrected chi connectivity index (χ4v) is 4.65. The highest BCUT2D eigenvalue weighted by Gasteiger charge is 2.19. The van der Waals surface area contributed by atoms with Crippen LogP contribution >= 0.6 is 0 Å². The molecule has 3 aromatic carbocycles. The number of hydrogen-bond acceptors (Lipinski definition) is 8. The van der Waals surface area contributed by atoms with E-state index in [1.165, 1.54) is 12.1 Å². The molecule has 0 fully saturated rings. The van der Waals surface area contributed by atoms with Crippen molar-refractivity contribution in [3.63, 3.8) is 0 Å². The second kappa shape index (κ2) is 9.40. The number of H-pyrrole nitrogens is 2. The van der Waals surface area contributed by atoms with E-state index >= 15 is 0 Å². The predicted molar refractivity (Wildman–Crippen MR) is 140 cm³/mol. The van der Waals surface area contributed by atoms with Crippen molar-refractivity contribution in [3.8, 4) is 34.0 Å². The molecular weight excluding hydrogens is 536 g/mol. The molecule has 0 aliphatic heterocycles. The van der Waals surface area contributed by atoms with Gasteiger partial charge in [-0.1, -0.05) is 12.1 Å². The molecule has 0 radical (unpaired) electrons. The van der Waals surface area contributed by atoms with Crippen LogP contribution in [0.3, 0.4) is 0 Å². The number of imidazole rings is 2. The topological polar surface area (TPSA) is 185 Å². The molecule has 5 aromatic rings. The number of nitrogens with zero attached hydrogens (tertiary/aromatic N) is 2. The summed E-state index contributed by atoms with van der Waals surface area (Å²) in [4.78, 5) is 15.4. The minimum Gasteiger partial charge on any atom is -0.475 e. The Kier molecular flexibility index (Phi) is 6.35. The molecule has 0 aliphatic rings. The van der Waals surface area contributed by atoms with Crippen molar-refractivity contribution in [2.45, 2.75) is 13.8 Å². The fourth-order valence-electron chi connectivity index (χ4n) is 4.10. The van der Waals surface area contributed by atoms with Crippen LogP contribution in [-0.4, -0.2) is 57.8 Å². The van der Waals surface area contributed by atoms with Crippen molar-refractivity contribution in [1.82, 2.24) is 19.9 Å². The van der Waals surface area contributed by atoms with E-state index in [4.69, 9.17) is 14.0 Å². The number of aryl methyl sites for hydroxylation is 2. The van der Waals surface area contributed by atoms with E-state index in [2.05, 4.69) is 19.9 Å². The minimum atomic E-state index is -4.46. The summed E-state index contributed by atoms with van der Waals surface area (Å²) in [6.07, 6.45) is 0. The molecule has 198 valence electrons. The van der Waals surface area contributed by atoms with Crippen molar-refractivity contribution in [1.29, 1.82) is 0 Å². The Labute approximate surface area is 217 Å². The van der Waals surface area contributed by atoms with Crippen molar-refractivity contribution in [2.24, 2.45) is 0 Å². The smallest absolute Gasteiger partial charge is 0.300 e. The number of benzene rings is 3. The third-order valence-corrected chi connectivity index (χ3v) is 6.48. The molecule has 2 aromatic heterocycles. The van der Waals surface area contributed by atoms with Crippen LogP contribution in [0.5, 0.6) is 11.5 Å². The van der Waals surface area contributed by atoms with E-state index < -0.39 is 32.1 Å². The number of hydrogen-bond donors (Lipinski definition) is 4. The average Bonchev–Trinajstić information content (AvgIpc) is 3.41. The lowest BCUT2D eigenvalue weighted by molar-refractivity contribution is 0.344. The largest absolute Gasteiger partial charge is 0.475 e. The van der Waals surface area contributed by atoms with Gasteiger partial charge >= 0.3 is 20.2 Å². The molecule has 4 N–H and O–H groups in total. The van der Waals surface area contributed by atoms with Crippen LogP contribution in [0.4, 0.5) is 0 Å². The summed E-state index contributed by atoms with van der Waals surface area (Å²) >= 11 is 0. The lowest BCUT2D eigenvalue weighted by Crippen LogP contribution is -2.13. The van der Waals surface area contributed by atoms with Gasteiger partial charge in [0, 0.05) is 0 Å². The maximum absolute atomic E-state index is 11.3. The van der Waals surface area contributed by atoms with E-state index in [0.29, 0.717) is 16.6 Å². The Bertz CT molecular complexity index is 1910. The van der Waals surface area contributed by atoms with Crippen LogP contribution in [0.15, 0.2) is 48.5 Å². The fraction of sp³-hybridized carbons (Fsp3) is 0.167. The summed E-state index contributed by atoms with van der Waals surface area (Å²) in [5.41, 5.74) is 5.50. The van der Waals surface area contributed by atoms with Crippen LogP contribution < -0.4 is 9.47 Å². The minimum absolute atomic E-state index is 0.0677. The first-order valence-electron chi connectivity index (χ1n) is 11.1. The number of ether oxygens (including phenoxy) is 2. The molecule has 0 saturated heterocycles. The van der Waals surface area contributed by atoms with E-state index in [1.54, 1.807) is 6.92 Å². The average molecular weight is 559 g/mol. The highest BCUT2D eigenvalue weighted by Crippen LogP contribution is 2.37. The van der Waals surface area contributed by atoms with Gasteiger partial charge in [-0.05, 0) is 66.9 Å². The van der Waals surface area contributed by atoms with Gasteiger partial charge in [-0.15, -0.1) is 0 Å². The SMILES string of the molecule is Cc1nc2cc(-c3ccc4nc(-c5cc(OCS(=O)(=O)O)cc(C)c5OCS(=O)(=O)O)[nH]c4c3)ccc2[nH]1. The molecule has 0 saturated carbocycles. The van der Waals surface area contributed by atoms with Crippen molar-refractivity contribution in [2.75, 3.05) is 11.9 Å². The maximum atomic E-state index is 11.3. The molecule has 0 unspecified atom stereocenters. The van der Waals surface area contributed by atoms with E-state index in [-0.39, 0.29) is 22.9 Å². The molecule has 0 atom stereocenters. The zero-order valence-corrected chi connectivity index (χ0v) is 21.7. The highest BCUT2D eigenvalue weighted by atomic mass is 32.2. The zero-order valence-electron chi connectivity index (χ0n) is 20.1. The third-order valence-electron chi connectivity index (χ3n) is 5.65. The molecule has 0 amide bonds. The van der Waals surface area contributed by atoms with Crippen molar-refractivity contribution >= 4 is 42.3 Å². The Hall–Kier alpha value is -3.98. The predicted octanol–water partition coefficient (Wildman–Crippen LogP) is 3.84. The van der Waals surface area contributed by atoms with E-state index in [1.807, 2.05) is 43.3 Å². The Morgan fingerprint density at radius 3 is 2.18 bits per heavy atom. The summed E-state index contributed by atoms with van der Waals surface area (Å²) in [5, 5.41) is 0. The van der Waals surface area contributed by atoms with Gasteiger partial charge in [0.05, 0.1) is 27.6 Å². The van der Waals surface area contributed by atoms with Crippen LogP contribution in [0.25, 0.3) is 44.6 Å². The number of rotatable bonds is 8. The summed E-state index contributed by atoms with van der Waals surface area (Å²) in [7, 11) is -8.87. The van der Waals surface area contributed by atoms with Gasteiger partial charge < -0.3 is 19.4 Å². The van der Waals surface area contributed by atoms with Gasteiger partial charge in [0.1, 0.15) is 23.1 Å². The van der Waals surface area contributed by atoms with Crippen LogP contribution in [0.2, 0.25) is 0 Å². The van der Waals surface area contributed by atoms with E-state index in [9.17, 15) is 21.4 Å². The van der Waals surface area contributed by atoms with Gasteiger partial charge in [-0.2, -0.15) is 16.8 Å². The van der Waals surface area contributed by atoms with Crippen LogP contribution in [0, 0.1) is 13.8 Å². The molecule has 2 heterocycles. The number of aromatic nitrogens is 4. The van der Waals surface area contributed by atoms with Gasteiger partial charge in [0.15, 0.2) is 0 Å². The maximum Gasteiger partial charge on any atom is 0.300 e. The van der Waals surface area contributed by atoms with Gasteiger partial charge in [0.25, 0.3) is 0 Å². The zero-order chi connectivity index (χ0) is 27.2. The first-order valence-corrected chi connectivity index (χ1v) is 14.3. The van der Waals surface area contributed by atoms with Crippen LogP contribution in [0.1, 0.15) is 11.4 Å². The first kappa shape index (κ1) is 25.7. The molecule has 0 spiro atoms. The second-order valence-electron chi connectivity index (χ2n) is 8.68. The monoisotopic (exact) mass is 558 g/mol. The van der Waals surface area contributed by atoms with Crippen molar-refractivity contribution in [3.05, 3.63) is 59.9 Å². The van der Waals surface area contributed by atoms with Gasteiger partial charge in [-0.25, -0.2) is 9.97 Å². The number of nitrogens with one attached hydrogen (secondary N) is 2. The van der Waals surface area contributed by atoms with Gasteiger partial charge in [-0.3, -0.25) is 9.11 Å². The molecular formula is C24H22N4O8S2. The number of fused-ring (bicyclic) bond motifs is 2. The van der Waals surface area contributed by atoms with Crippen molar-refractivity contribution < 1.29 is 35.4 Å². The molecule has 0 aliphatic carbocycles. The Morgan fingerprint density at radius 1 is 0.763 bits per heavy atom. The van der Waals surface area contributed by atoms with Crippen LogP contribution in [-0.2, 0) is 20.2 Å². The molecule has 0 bridgehead atoms. The third kappa shape index (κ3) is 5.62. The lowest BCUT2D eigenvalue weighted by atomic mass is 10.0. The Balaban J connectivity index is 1.57. The summed E-state index contributed by atoms with van der Waals surface area (Å²) in [6, 6.07) is 14.3. The van der Waals surface area contributed by atoms with E-state index in [0.717, 1.165) is 28.0 Å². The quantitative estimate of drug-likeness (QED) is 0.204. The molecule has 5 rings (SSSR count). The first-order chi connectivity index (χ1) is 17.8. The summed E-state index contributed by atoms with van der Waals surface area (Å²) in [6.45, 7) is 3.47. The lowest BCUT2D eigenvalue weighted by Gasteiger charge is -2.14. The summed E-state index contributed by atoms with van der Waals surface area (Å²) in [5.74, 6) is -0.748. The molecule has 38 heavy (non-hydrogen) atoms. The number of aromatic amines is 2. The summed E-state index contributed by atoms with van der Waals surface area (Å²) < 4.78 is 73.7. The normalized spacial score (nSPS) is 12.3. The highest BCUT2D eigenvalue weighted by molar-refractivity contribution is 7.85. The molecule has 12 nitrogen and oxygen atoms in total. The standard InChI is InChI=1S/C24H22N4O8S2/c1-13-7-17(35-11-37(29,30)31)10-18(23(13)36-12-38(32,33)34)24-27-20-6-4-16(9-22(20)28-24)15-3-5-19-21(8-15)26-14(2)25-19/h3-10H,11-12H2,1-2H3,(H,25,26)(H,27,28)(H,29,30,31)(H,32,33,34).